The number of ether oxygens (including phenoxy) is 1. The van der Waals surface area contributed by atoms with E-state index in [0.29, 0.717) is 30.8 Å². The van der Waals surface area contributed by atoms with Gasteiger partial charge in [-0.05, 0) is 38.0 Å². The van der Waals surface area contributed by atoms with Gasteiger partial charge in [0, 0.05) is 25.3 Å². The average molecular weight is 331 g/mol. The number of hydrogen-bond donors (Lipinski definition) is 1. The number of likely N-dealkylation sites (tertiary alicyclic amines) is 1. The van der Waals surface area contributed by atoms with Crippen LogP contribution in [-0.4, -0.2) is 46.7 Å². The highest BCUT2D eigenvalue weighted by molar-refractivity contribution is 5.97. The van der Waals surface area contributed by atoms with E-state index in [1.165, 1.54) is 12.8 Å². The molecule has 1 aliphatic heterocycles. The number of H-pyrrole nitrogens is 1. The number of nitrogens with zero attached hydrogens (tertiary/aromatic N) is 2. The summed E-state index contributed by atoms with van der Waals surface area (Å²) in [5.74, 6) is 0.0571. The number of hydrogen-bond acceptors (Lipinski definition) is 3. The van der Waals surface area contributed by atoms with Crippen LogP contribution < -0.4 is 5.69 Å². The molecule has 6 heteroatoms. The third-order valence-electron chi connectivity index (χ3n) is 4.58. The summed E-state index contributed by atoms with van der Waals surface area (Å²) in [6, 6.07) is 5.46. The maximum atomic E-state index is 12.7. The molecule has 1 fully saturated rings. The number of fused-ring (bicyclic) bond motifs is 1. The molecule has 0 saturated carbocycles. The third-order valence-corrected chi connectivity index (χ3v) is 4.58. The lowest BCUT2D eigenvalue weighted by Crippen LogP contribution is -2.31. The minimum absolute atomic E-state index is 0.0571. The SMILES string of the molecule is CCOCCn1c(=O)[nH]c2cc(C(=O)N3CCCCCC3)ccc21. The first-order valence-electron chi connectivity index (χ1n) is 8.80. The molecule has 1 aliphatic rings. The Morgan fingerprint density at radius 1 is 1.21 bits per heavy atom. The van der Waals surface area contributed by atoms with Gasteiger partial charge < -0.3 is 14.6 Å². The number of benzene rings is 1. The van der Waals surface area contributed by atoms with Crippen molar-refractivity contribution in [2.24, 2.45) is 0 Å². The summed E-state index contributed by atoms with van der Waals surface area (Å²) in [5.41, 5.74) is 2.00. The molecule has 2 aromatic rings. The highest BCUT2D eigenvalue weighted by Crippen LogP contribution is 2.17. The summed E-state index contributed by atoms with van der Waals surface area (Å²) < 4.78 is 6.99. The maximum absolute atomic E-state index is 12.7. The highest BCUT2D eigenvalue weighted by Gasteiger charge is 2.18. The molecular weight excluding hydrogens is 306 g/mol. The van der Waals surface area contributed by atoms with E-state index in [-0.39, 0.29) is 11.6 Å². The van der Waals surface area contributed by atoms with E-state index in [2.05, 4.69) is 4.98 Å². The quantitative estimate of drug-likeness (QED) is 0.856. The molecule has 130 valence electrons. The summed E-state index contributed by atoms with van der Waals surface area (Å²) in [6.45, 7) is 5.21. The second kappa shape index (κ2) is 7.66. The van der Waals surface area contributed by atoms with Gasteiger partial charge in [-0.2, -0.15) is 0 Å². The van der Waals surface area contributed by atoms with Crippen molar-refractivity contribution >= 4 is 16.9 Å². The fourth-order valence-corrected chi connectivity index (χ4v) is 3.28. The normalized spacial score (nSPS) is 15.6. The van der Waals surface area contributed by atoms with Gasteiger partial charge in [-0.1, -0.05) is 12.8 Å². The summed E-state index contributed by atoms with van der Waals surface area (Å²) in [6.07, 6.45) is 4.52. The fourth-order valence-electron chi connectivity index (χ4n) is 3.28. The number of nitrogens with one attached hydrogen (secondary N) is 1. The smallest absolute Gasteiger partial charge is 0.326 e. The van der Waals surface area contributed by atoms with E-state index in [9.17, 15) is 9.59 Å². The van der Waals surface area contributed by atoms with Gasteiger partial charge in [0.05, 0.1) is 24.2 Å². The van der Waals surface area contributed by atoms with Crippen molar-refractivity contribution in [3.63, 3.8) is 0 Å². The molecule has 1 aromatic heterocycles. The van der Waals surface area contributed by atoms with E-state index in [1.807, 2.05) is 24.0 Å². The van der Waals surface area contributed by atoms with Crippen molar-refractivity contribution in [3.05, 3.63) is 34.2 Å². The van der Waals surface area contributed by atoms with Gasteiger partial charge in [-0.25, -0.2) is 4.79 Å². The number of rotatable bonds is 5. The van der Waals surface area contributed by atoms with Crippen LogP contribution in [-0.2, 0) is 11.3 Å². The number of imidazole rings is 1. The van der Waals surface area contributed by atoms with Crippen molar-refractivity contribution < 1.29 is 9.53 Å². The van der Waals surface area contributed by atoms with Crippen molar-refractivity contribution in [2.45, 2.75) is 39.2 Å². The van der Waals surface area contributed by atoms with Crippen molar-refractivity contribution in [3.8, 4) is 0 Å². The van der Waals surface area contributed by atoms with Crippen LogP contribution in [0.4, 0.5) is 0 Å². The lowest BCUT2D eigenvalue weighted by molar-refractivity contribution is 0.0762. The van der Waals surface area contributed by atoms with Crippen molar-refractivity contribution in [1.29, 1.82) is 0 Å². The maximum Gasteiger partial charge on any atom is 0.326 e. The molecule has 1 saturated heterocycles. The van der Waals surface area contributed by atoms with Crippen LogP contribution in [0, 0.1) is 0 Å². The first-order valence-corrected chi connectivity index (χ1v) is 8.80. The van der Waals surface area contributed by atoms with Crippen LogP contribution >= 0.6 is 0 Å². The first-order chi connectivity index (χ1) is 11.7. The number of aromatic amines is 1. The van der Waals surface area contributed by atoms with E-state index >= 15 is 0 Å². The van der Waals surface area contributed by atoms with Crippen molar-refractivity contribution in [2.75, 3.05) is 26.3 Å². The summed E-state index contributed by atoms with van der Waals surface area (Å²) >= 11 is 0. The molecule has 1 N–H and O–H groups in total. The van der Waals surface area contributed by atoms with Gasteiger partial charge in [-0.3, -0.25) is 9.36 Å². The van der Waals surface area contributed by atoms with Crippen molar-refractivity contribution in [1.82, 2.24) is 14.5 Å². The third kappa shape index (κ3) is 3.53. The molecule has 24 heavy (non-hydrogen) atoms. The van der Waals surface area contributed by atoms with Gasteiger partial charge in [0.1, 0.15) is 0 Å². The van der Waals surface area contributed by atoms with Crippen LogP contribution in [0.1, 0.15) is 43.0 Å². The molecule has 0 radical (unpaired) electrons. The molecule has 0 unspecified atom stereocenters. The Balaban J connectivity index is 1.83. The van der Waals surface area contributed by atoms with Gasteiger partial charge in [0.2, 0.25) is 0 Å². The first kappa shape index (κ1) is 16.8. The van der Waals surface area contributed by atoms with E-state index in [1.54, 1.807) is 10.6 Å². The molecule has 1 amide bonds. The highest BCUT2D eigenvalue weighted by atomic mass is 16.5. The lowest BCUT2D eigenvalue weighted by atomic mass is 10.1. The minimum atomic E-state index is -0.163. The second-order valence-electron chi connectivity index (χ2n) is 6.22. The standard InChI is InChI=1S/C18H25N3O3/c1-2-24-12-11-21-16-8-7-14(13-15(16)19-18(21)23)17(22)20-9-5-3-4-6-10-20/h7-8,13H,2-6,9-12H2,1H3,(H,19,23). The zero-order valence-corrected chi connectivity index (χ0v) is 14.2. The minimum Gasteiger partial charge on any atom is -0.380 e. The van der Waals surface area contributed by atoms with Crippen LogP contribution in [0.15, 0.2) is 23.0 Å². The Morgan fingerprint density at radius 3 is 2.67 bits per heavy atom. The predicted octanol–water partition coefficient (Wildman–Crippen LogP) is 2.38. The topological polar surface area (TPSA) is 67.3 Å². The van der Waals surface area contributed by atoms with E-state index < -0.39 is 0 Å². The zero-order chi connectivity index (χ0) is 16.9. The van der Waals surface area contributed by atoms with Crippen LogP contribution in [0.3, 0.4) is 0 Å². The molecule has 3 rings (SSSR count). The van der Waals surface area contributed by atoms with Gasteiger partial charge in [0.15, 0.2) is 0 Å². The van der Waals surface area contributed by atoms with Gasteiger partial charge in [-0.15, -0.1) is 0 Å². The average Bonchev–Trinajstić information content (AvgIpc) is 2.77. The van der Waals surface area contributed by atoms with Crippen LogP contribution in [0.2, 0.25) is 0 Å². The number of amides is 1. The number of carbonyl (C=O) groups excluding carboxylic acids is 1. The molecule has 1 aromatic carbocycles. The molecule has 0 spiro atoms. The second-order valence-corrected chi connectivity index (χ2v) is 6.22. The van der Waals surface area contributed by atoms with E-state index in [4.69, 9.17) is 4.74 Å². The van der Waals surface area contributed by atoms with Gasteiger partial charge >= 0.3 is 5.69 Å². The summed E-state index contributed by atoms with van der Waals surface area (Å²) in [5, 5.41) is 0. The zero-order valence-electron chi connectivity index (χ0n) is 14.2. The largest absolute Gasteiger partial charge is 0.380 e. The molecule has 0 atom stereocenters. The molecule has 0 bridgehead atoms. The fraction of sp³-hybridized carbons (Fsp3) is 0.556. The Kier molecular flexibility index (Phi) is 5.35. The summed E-state index contributed by atoms with van der Waals surface area (Å²) in [4.78, 5) is 29.6. The Morgan fingerprint density at radius 2 is 1.96 bits per heavy atom. The number of carbonyl (C=O) groups is 1. The number of aromatic nitrogens is 2. The van der Waals surface area contributed by atoms with E-state index in [0.717, 1.165) is 31.4 Å². The molecule has 2 heterocycles. The lowest BCUT2D eigenvalue weighted by Gasteiger charge is -2.20. The monoisotopic (exact) mass is 331 g/mol. The molecule has 0 aliphatic carbocycles. The molecule has 6 nitrogen and oxygen atoms in total. The summed E-state index contributed by atoms with van der Waals surface area (Å²) in [7, 11) is 0. The van der Waals surface area contributed by atoms with Crippen LogP contribution in [0.5, 0.6) is 0 Å². The molecular formula is C18H25N3O3. The predicted molar refractivity (Wildman–Crippen MR) is 93.4 cm³/mol. The van der Waals surface area contributed by atoms with Crippen LogP contribution in [0.25, 0.3) is 11.0 Å². The Labute approximate surface area is 141 Å². The Hall–Kier alpha value is -2.08. The Bertz CT molecular complexity index is 754. The van der Waals surface area contributed by atoms with Gasteiger partial charge in [0.25, 0.3) is 5.91 Å².